The summed E-state index contributed by atoms with van der Waals surface area (Å²) < 4.78 is 4.13. The third-order valence-corrected chi connectivity index (χ3v) is 5.06. The number of nitrogens with zero attached hydrogens (tertiary/aromatic N) is 4. The zero-order valence-electron chi connectivity index (χ0n) is 12.0. The fraction of sp³-hybridized carbons (Fsp3) is 0.294. The topological polar surface area (TPSA) is 55.9 Å². The van der Waals surface area contributed by atoms with Crippen molar-refractivity contribution in [2.75, 3.05) is 0 Å². The van der Waals surface area contributed by atoms with Crippen molar-refractivity contribution in [3.63, 3.8) is 0 Å². The normalized spacial score (nSPS) is 25.6. The Balaban J connectivity index is 1.65. The molecule has 0 radical (unpaired) electrons. The molecule has 5 nitrogen and oxygen atoms in total. The molecule has 4 heterocycles. The minimum Gasteiger partial charge on any atom is -0.386 e. The first-order valence-corrected chi connectivity index (χ1v) is 7.65. The Hall–Kier alpha value is -2.40. The number of aliphatic hydroxyl groups excluding tert-OH is 1. The van der Waals surface area contributed by atoms with Crippen LogP contribution in [0.5, 0.6) is 0 Å². The summed E-state index contributed by atoms with van der Waals surface area (Å²) in [6.45, 7) is 0.854. The second-order valence-corrected chi connectivity index (χ2v) is 6.09. The molecule has 2 aliphatic rings. The van der Waals surface area contributed by atoms with Gasteiger partial charge in [-0.15, -0.1) is 0 Å². The van der Waals surface area contributed by atoms with Crippen LogP contribution in [0.15, 0.2) is 49.1 Å². The standard InChI is InChI=1S/C17H16N4O/c22-17-13(6-8-21-14(17)5-7-19-21)16-12-4-2-1-3-11(12)15-9-18-10-20(15)16/h1-5,7,9-10,13,16-17,22H,6,8H2/t13?,16-,17?/m1/s1. The Morgan fingerprint density at radius 2 is 2.09 bits per heavy atom. The van der Waals surface area contributed by atoms with E-state index in [4.69, 9.17) is 0 Å². The van der Waals surface area contributed by atoms with E-state index >= 15 is 0 Å². The van der Waals surface area contributed by atoms with Crippen LogP contribution in [0.25, 0.3) is 11.3 Å². The number of hydrogen-bond acceptors (Lipinski definition) is 3. The molecule has 2 unspecified atom stereocenters. The molecule has 22 heavy (non-hydrogen) atoms. The summed E-state index contributed by atoms with van der Waals surface area (Å²) in [7, 11) is 0. The van der Waals surface area contributed by atoms with Crippen molar-refractivity contribution >= 4 is 0 Å². The molecule has 2 aliphatic heterocycles. The lowest BCUT2D eigenvalue weighted by molar-refractivity contribution is 0.0525. The lowest BCUT2D eigenvalue weighted by Crippen LogP contribution is -2.31. The molecular formula is C17H16N4O. The van der Waals surface area contributed by atoms with Crippen LogP contribution in [0.1, 0.15) is 29.8 Å². The maximum Gasteiger partial charge on any atom is 0.101 e. The molecule has 3 atom stereocenters. The van der Waals surface area contributed by atoms with Gasteiger partial charge in [0.2, 0.25) is 0 Å². The van der Waals surface area contributed by atoms with E-state index in [2.05, 4.69) is 38.9 Å². The molecule has 1 N–H and O–H groups in total. The molecular weight excluding hydrogens is 276 g/mol. The maximum absolute atomic E-state index is 10.9. The van der Waals surface area contributed by atoms with Crippen LogP contribution in [0, 0.1) is 5.92 Å². The van der Waals surface area contributed by atoms with E-state index in [1.54, 1.807) is 6.20 Å². The van der Waals surface area contributed by atoms with Crippen molar-refractivity contribution in [3.05, 3.63) is 60.3 Å². The minimum absolute atomic E-state index is 0.140. The Morgan fingerprint density at radius 3 is 3.05 bits per heavy atom. The molecule has 2 aromatic heterocycles. The molecule has 0 amide bonds. The van der Waals surface area contributed by atoms with Crippen LogP contribution in [-0.2, 0) is 6.54 Å². The molecule has 3 aromatic rings. The van der Waals surface area contributed by atoms with E-state index < -0.39 is 6.10 Å². The quantitative estimate of drug-likeness (QED) is 0.749. The van der Waals surface area contributed by atoms with Gasteiger partial charge in [-0.25, -0.2) is 4.98 Å². The molecule has 0 spiro atoms. The van der Waals surface area contributed by atoms with E-state index in [9.17, 15) is 5.11 Å². The summed E-state index contributed by atoms with van der Waals surface area (Å²) in [6, 6.07) is 10.5. The monoisotopic (exact) mass is 292 g/mol. The highest BCUT2D eigenvalue weighted by Gasteiger charge is 2.40. The van der Waals surface area contributed by atoms with Crippen LogP contribution in [0.2, 0.25) is 0 Å². The Morgan fingerprint density at radius 1 is 1.18 bits per heavy atom. The summed E-state index contributed by atoms with van der Waals surface area (Å²) in [4.78, 5) is 4.31. The summed E-state index contributed by atoms with van der Waals surface area (Å²) in [5.41, 5.74) is 4.59. The third kappa shape index (κ3) is 1.46. The van der Waals surface area contributed by atoms with Gasteiger partial charge in [-0.05, 0) is 18.1 Å². The van der Waals surface area contributed by atoms with Gasteiger partial charge < -0.3 is 9.67 Å². The predicted molar refractivity (Wildman–Crippen MR) is 81.1 cm³/mol. The Labute approximate surface area is 127 Å². The van der Waals surface area contributed by atoms with Crippen molar-refractivity contribution < 1.29 is 5.11 Å². The molecule has 0 fully saturated rings. The van der Waals surface area contributed by atoms with E-state index in [0.29, 0.717) is 0 Å². The highest BCUT2D eigenvalue weighted by Crippen LogP contribution is 2.48. The molecule has 5 rings (SSSR count). The van der Waals surface area contributed by atoms with Gasteiger partial charge in [0.05, 0.1) is 30.0 Å². The lowest BCUT2D eigenvalue weighted by atomic mass is 9.83. The fourth-order valence-electron chi connectivity index (χ4n) is 4.07. The number of aliphatic hydroxyl groups is 1. The first kappa shape index (κ1) is 12.2. The van der Waals surface area contributed by atoms with Crippen molar-refractivity contribution in [3.8, 4) is 11.3 Å². The van der Waals surface area contributed by atoms with E-state index in [0.717, 1.165) is 24.4 Å². The lowest BCUT2D eigenvalue weighted by Gasteiger charge is -2.34. The fourth-order valence-corrected chi connectivity index (χ4v) is 4.07. The van der Waals surface area contributed by atoms with Crippen LogP contribution >= 0.6 is 0 Å². The van der Waals surface area contributed by atoms with Gasteiger partial charge >= 0.3 is 0 Å². The average Bonchev–Trinajstić information content (AvgIpc) is 3.23. The Kier molecular flexibility index (Phi) is 2.38. The van der Waals surface area contributed by atoms with Gasteiger partial charge in [-0.2, -0.15) is 5.10 Å². The van der Waals surface area contributed by atoms with Crippen LogP contribution < -0.4 is 0 Å². The number of rotatable bonds is 1. The van der Waals surface area contributed by atoms with Gasteiger partial charge in [0.25, 0.3) is 0 Å². The Bertz CT molecular complexity index is 850. The number of aromatic nitrogens is 4. The molecule has 0 bridgehead atoms. The van der Waals surface area contributed by atoms with Crippen LogP contribution in [0.4, 0.5) is 0 Å². The number of aryl methyl sites for hydroxylation is 1. The molecule has 0 saturated carbocycles. The summed E-state index contributed by atoms with van der Waals surface area (Å²) in [5, 5.41) is 15.1. The van der Waals surface area contributed by atoms with Gasteiger partial charge in [0.15, 0.2) is 0 Å². The van der Waals surface area contributed by atoms with Crippen molar-refractivity contribution in [1.29, 1.82) is 0 Å². The number of fused-ring (bicyclic) bond motifs is 4. The van der Waals surface area contributed by atoms with Crippen LogP contribution in [-0.4, -0.2) is 24.4 Å². The zero-order chi connectivity index (χ0) is 14.7. The molecule has 110 valence electrons. The van der Waals surface area contributed by atoms with Gasteiger partial charge in [-0.1, -0.05) is 24.3 Å². The number of hydrogen-bond donors (Lipinski definition) is 1. The van der Waals surface area contributed by atoms with Gasteiger partial charge in [-0.3, -0.25) is 4.68 Å². The highest BCUT2D eigenvalue weighted by molar-refractivity contribution is 5.69. The largest absolute Gasteiger partial charge is 0.386 e. The van der Waals surface area contributed by atoms with Crippen molar-refractivity contribution in [1.82, 2.24) is 19.3 Å². The van der Waals surface area contributed by atoms with Gasteiger partial charge in [0.1, 0.15) is 6.10 Å². The van der Waals surface area contributed by atoms with Crippen molar-refractivity contribution in [2.24, 2.45) is 5.92 Å². The first-order valence-electron chi connectivity index (χ1n) is 7.65. The van der Waals surface area contributed by atoms with E-state index in [1.807, 2.05) is 23.3 Å². The third-order valence-electron chi connectivity index (χ3n) is 5.06. The van der Waals surface area contributed by atoms with E-state index in [1.165, 1.54) is 11.1 Å². The average molecular weight is 292 g/mol. The van der Waals surface area contributed by atoms with Gasteiger partial charge in [0, 0.05) is 24.2 Å². The zero-order valence-corrected chi connectivity index (χ0v) is 12.0. The number of imidazole rings is 1. The first-order chi connectivity index (χ1) is 10.8. The van der Waals surface area contributed by atoms with Crippen molar-refractivity contribution in [2.45, 2.75) is 25.1 Å². The molecule has 0 aliphatic carbocycles. The molecule has 1 aromatic carbocycles. The summed E-state index contributed by atoms with van der Waals surface area (Å²) in [6.07, 6.45) is 5.98. The SMILES string of the molecule is OC1c2ccnn2CCC1[C@H]1c2ccccc2-c2cncn21. The van der Waals surface area contributed by atoms with Crippen LogP contribution in [0.3, 0.4) is 0 Å². The van der Waals surface area contributed by atoms with E-state index in [-0.39, 0.29) is 12.0 Å². The summed E-state index contributed by atoms with van der Waals surface area (Å²) >= 11 is 0. The smallest absolute Gasteiger partial charge is 0.101 e. The molecule has 0 saturated heterocycles. The highest BCUT2D eigenvalue weighted by atomic mass is 16.3. The molecule has 5 heteroatoms. The number of benzene rings is 1. The minimum atomic E-state index is -0.498. The second kappa shape index (κ2) is 4.30. The second-order valence-electron chi connectivity index (χ2n) is 6.09. The predicted octanol–water partition coefficient (Wildman–Crippen LogP) is 2.40. The maximum atomic E-state index is 10.9. The summed E-state index contributed by atoms with van der Waals surface area (Å²) in [5.74, 6) is 0.140.